The lowest BCUT2D eigenvalue weighted by Gasteiger charge is -2.26. The lowest BCUT2D eigenvalue weighted by atomic mass is 10.0. The van der Waals surface area contributed by atoms with E-state index in [0.717, 1.165) is 38.5 Å². The highest BCUT2D eigenvalue weighted by molar-refractivity contribution is 5.76. The first kappa shape index (κ1) is 53.8. The van der Waals surface area contributed by atoms with Crippen molar-refractivity contribution in [1.82, 2.24) is 5.32 Å². The van der Waals surface area contributed by atoms with E-state index in [4.69, 9.17) is 0 Å². The zero-order valence-electron chi connectivity index (χ0n) is 37.1. The molecule has 4 N–H and O–H groups in total. The van der Waals surface area contributed by atoms with Crippen LogP contribution in [0.25, 0.3) is 0 Å². The molecule has 0 heterocycles. The molecular formula is C50H97NO4. The summed E-state index contributed by atoms with van der Waals surface area (Å²) in [6, 6.07) is -0.827. The predicted octanol–water partition coefficient (Wildman–Crippen LogP) is 14.6. The van der Waals surface area contributed by atoms with Crippen molar-refractivity contribution in [1.29, 1.82) is 0 Å². The van der Waals surface area contributed by atoms with Gasteiger partial charge in [-0.05, 0) is 64.2 Å². The van der Waals surface area contributed by atoms with Crippen LogP contribution in [0.4, 0.5) is 0 Å². The van der Waals surface area contributed by atoms with Crippen molar-refractivity contribution in [3.05, 3.63) is 24.3 Å². The molecule has 0 saturated carbocycles. The van der Waals surface area contributed by atoms with E-state index in [1.165, 1.54) is 199 Å². The first-order chi connectivity index (χ1) is 27.1. The Bertz CT molecular complexity index is 814. The Hall–Kier alpha value is -1.17. The molecule has 5 heteroatoms. The number of nitrogens with one attached hydrogen (secondary N) is 1. The molecule has 0 saturated heterocycles. The van der Waals surface area contributed by atoms with Gasteiger partial charge in [-0.1, -0.05) is 218 Å². The van der Waals surface area contributed by atoms with Crippen molar-refractivity contribution in [3.63, 3.8) is 0 Å². The van der Waals surface area contributed by atoms with Gasteiger partial charge in [0, 0.05) is 6.42 Å². The molecule has 0 aromatic heterocycles. The highest BCUT2D eigenvalue weighted by atomic mass is 16.3. The smallest absolute Gasteiger partial charge is 0.220 e. The molecule has 0 aliphatic heterocycles. The molecule has 5 nitrogen and oxygen atoms in total. The third kappa shape index (κ3) is 40.8. The fourth-order valence-corrected chi connectivity index (χ4v) is 7.69. The van der Waals surface area contributed by atoms with E-state index in [2.05, 4.69) is 43.5 Å². The number of rotatable bonds is 45. The Balaban J connectivity index is 3.62. The third-order valence-electron chi connectivity index (χ3n) is 11.5. The van der Waals surface area contributed by atoms with Crippen molar-refractivity contribution in [2.75, 3.05) is 6.61 Å². The average Bonchev–Trinajstić information content (AvgIpc) is 3.19. The standard InChI is InChI=1S/C50H97NO4/c1-3-5-7-9-11-13-15-17-19-21-23-24-25-27-28-30-32-34-36-38-40-42-44-48(53)50(55)47(46-52)51-49(54)45-43-41-39-37-35-33-31-29-26-22-20-18-16-14-12-10-8-6-4-2/h22,26,36,38,47-48,50,52-53,55H,3-21,23-25,27-35,37,39-46H2,1-2H3,(H,51,54)/b26-22-,38-36+. The number of carbonyl (C=O) groups excluding carboxylic acids is 1. The Morgan fingerprint density at radius 3 is 1.05 bits per heavy atom. The summed E-state index contributed by atoms with van der Waals surface area (Å²) in [4.78, 5) is 12.5. The molecule has 0 radical (unpaired) electrons. The number of hydrogen-bond donors (Lipinski definition) is 4. The molecule has 326 valence electrons. The second kappa shape index (κ2) is 45.5. The van der Waals surface area contributed by atoms with Crippen LogP contribution in [0.15, 0.2) is 24.3 Å². The summed E-state index contributed by atoms with van der Waals surface area (Å²) in [5.74, 6) is -0.156. The van der Waals surface area contributed by atoms with Gasteiger partial charge in [-0.3, -0.25) is 4.79 Å². The Morgan fingerprint density at radius 1 is 0.436 bits per heavy atom. The van der Waals surface area contributed by atoms with Gasteiger partial charge in [-0.15, -0.1) is 0 Å². The summed E-state index contributed by atoms with van der Waals surface area (Å²) in [5.41, 5.74) is 0. The summed E-state index contributed by atoms with van der Waals surface area (Å²) in [6.45, 7) is 4.19. The zero-order chi connectivity index (χ0) is 40.1. The number of aliphatic hydroxyl groups is 3. The lowest BCUT2D eigenvalue weighted by Crippen LogP contribution is -2.50. The van der Waals surface area contributed by atoms with Crippen LogP contribution < -0.4 is 5.32 Å². The van der Waals surface area contributed by atoms with E-state index in [0.29, 0.717) is 12.8 Å². The van der Waals surface area contributed by atoms with Crippen molar-refractivity contribution in [3.8, 4) is 0 Å². The number of hydrogen-bond acceptors (Lipinski definition) is 4. The second-order valence-corrected chi connectivity index (χ2v) is 17.0. The summed E-state index contributed by atoms with van der Waals surface area (Å²) < 4.78 is 0. The maximum atomic E-state index is 12.5. The Morgan fingerprint density at radius 2 is 0.727 bits per heavy atom. The molecule has 3 atom stereocenters. The van der Waals surface area contributed by atoms with Crippen molar-refractivity contribution < 1.29 is 20.1 Å². The van der Waals surface area contributed by atoms with Gasteiger partial charge in [0.2, 0.25) is 5.91 Å². The summed E-state index contributed by atoms with van der Waals surface area (Å²) in [7, 11) is 0. The van der Waals surface area contributed by atoms with Crippen LogP contribution >= 0.6 is 0 Å². The summed E-state index contributed by atoms with van der Waals surface area (Å²) >= 11 is 0. The predicted molar refractivity (Wildman–Crippen MR) is 241 cm³/mol. The van der Waals surface area contributed by atoms with Crippen molar-refractivity contribution in [2.24, 2.45) is 0 Å². The SMILES string of the molecule is CCCCCCCCCC/C=C\CCCCCCCCCC(=O)NC(CO)C(O)C(O)CCC/C=C/CCCCCCCCCCCCCCCCCCC. The highest BCUT2D eigenvalue weighted by Gasteiger charge is 2.26. The fourth-order valence-electron chi connectivity index (χ4n) is 7.69. The number of allylic oxidation sites excluding steroid dienone is 4. The molecule has 3 unspecified atom stereocenters. The Kier molecular flexibility index (Phi) is 44.6. The molecule has 0 aromatic rings. The van der Waals surface area contributed by atoms with E-state index in [9.17, 15) is 20.1 Å². The van der Waals surface area contributed by atoms with Gasteiger partial charge in [0.1, 0.15) is 6.10 Å². The molecule has 0 bridgehead atoms. The van der Waals surface area contributed by atoms with Gasteiger partial charge in [0.15, 0.2) is 0 Å². The molecule has 0 aromatic carbocycles. The highest BCUT2D eigenvalue weighted by Crippen LogP contribution is 2.16. The summed E-state index contributed by atoms with van der Waals surface area (Å²) in [5, 5.41) is 33.6. The van der Waals surface area contributed by atoms with Gasteiger partial charge < -0.3 is 20.6 Å². The zero-order valence-corrected chi connectivity index (χ0v) is 37.1. The minimum absolute atomic E-state index is 0.156. The van der Waals surface area contributed by atoms with Crippen LogP contribution in [-0.4, -0.2) is 46.1 Å². The maximum absolute atomic E-state index is 12.5. The number of carbonyl (C=O) groups is 1. The van der Waals surface area contributed by atoms with E-state index in [-0.39, 0.29) is 12.5 Å². The molecule has 0 fully saturated rings. The molecular weight excluding hydrogens is 679 g/mol. The molecule has 0 rings (SSSR count). The summed E-state index contributed by atoms with van der Waals surface area (Å²) in [6.07, 6.45) is 55.9. The minimum atomic E-state index is -1.16. The van der Waals surface area contributed by atoms with Crippen LogP contribution in [-0.2, 0) is 4.79 Å². The van der Waals surface area contributed by atoms with Gasteiger partial charge >= 0.3 is 0 Å². The first-order valence-electron chi connectivity index (χ1n) is 24.6. The van der Waals surface area contributed by atoms with Gasteiger partial charge in [0.25, 0.3) is 0 Å². The van der Waals surface area contributed by atoms with Crippen LogP contribution in [0, 0.1) is 0 Å². The van der Waals surface area contributed by atoms with E-state index < -0.39 is 18.2 Å². The molecule has 0 aliphatic rings. The van der Waals surface area contributed by atoms with Crippen LogP contribution in [0.3, 0.4) is 0 Å². The topological polar surface area (TPSA) is 89.8 Å². The number of unbranched alkanes of at least 4 members (excludes halogenated alkanes) is 33. The van der Waals surface area contributed by atoms with Gasteiger partial charge in [-0.25, -0.2) is 0 Å². The third-order valence-corrected chi connectivity index (χ3v) is 11.5. The Labute approximate surface area is 343 Å². The maximum Gasteiger partial charge on any atom is 0.220 e. The van der Waals surface area contributed by atoms with Crippen LogP contribution in [0.1, 0.15) is 264 Å². The average molecular weight is 776 g/mol. The monoisotopic (exact) mass is 776 g/mol. The molecule has 55 heavy (non-hydrogen) atoms. The van der Waals surface area contributed by atoms with Gasteiger partial charge in [0.05, 0.1) is 18.8 Å². The fraction of sp³-hybridized carbons (Fsp3) is 0.900. The molecule has 1 amide bonds. The van der Waals surface area contributed by atoms with E-state index in [1.54, 1.807) is 0 Å². The lowest BCUT2D eigenvalue weighted by molar-refractivity contribution is -0.124. The quantitative estimate of drug-likeness (QED) is 0.0366. The van der Waals surface area contributed by atoms with E-state index >= 15 is 0 Å². The van der Waals surface area contributed by atoms with Gasteiger partial charge in [-0.2, -0.15) is 0 Å². The van der Waals surface area contributed by atoms with Crippen LogP contribution in [0.2, 0.25) is 0 Å². The largest absolute Gasteiger partial charge is 0.394 e. The van der Waals surface area contributed by atoms with Crippen LogP contribution in [0.5, 0.6) is 0 Å². The number of aliphatic hydroxyl groups excluding tert-OH is 3. The minimum Gasteiger partial charge on any atom is -0.394 e. The molecule has 0 aliphatic carbocycles. The normalized spacial score (nSPS) is 13.6. The number of amides is 1. The van der Waals surface area contributed by atoms with Crippen molar-refractivity contribution >= 4 is 5.91 Å². The molecule has 0 spiro atoms. The van der Waals surface area contributed by atoms with E-state index in [1.807, 2.05) is 0 Å². The van der Waals surface area contributed by atoms with Crippen molar-refractivity contribution in [2.45, 2.75) is 283 Å². The first-order valence-corrected chi connectivity index (χ1v) is 24.6. The second-order valence-electron chi connectivity index (χ2n) is 17.0.